The Hall–Kier alpha value is 2.52. The summed E-state index contributed by atoms with van der Waals surface area (Å²) in [6.45, 7) is -0.167. The second-order valence-electron chi connectivity index (χ2n) is 0.192. The van der Waals surface area contributed by atoms with Gasteiger partial charge < -0.3 is 24.5 Å². The van der Waals surface area contributed by atoms with Crippen LogP contribution in [0.5, 0.6) is 0 Å². The Kier molecular flexibility index (Phi) is 54.8. The molecule has 0 aromatic heterocycles. The van der Waals surface area contributed by atoms with Gasteiger partial charge in [0.05, 0.1) is 0 Å². The zero-order chi connectivity index (χ0) is 5.41. The standard InChI is InChI=1S/Cu.2H3PS2/c;2*2-1-3/h;2*1H2,(H,2,3)/q+2;;/p-2. The summed E-state index contributed by atoms with van der Waals surface area (Å²) >= 11 is 17.2. The van der Waals surface area contributed by atoms with E-state index in [1.807, 2.05) is 0 Å². The minimum Gasteiger partial charge on any atom is -0.753 e. The smallest absolute Gasteiger partial charge is 0.753 e. The van der Waals surface area contributed by atoms with Crippen molar-refractivity contribution in [3.05, 3.63) is 0 Å². The van der Waals surface area contributed by atoms with Crippen molar-refractivity contribution < 1.29 is 17.1 Å². The first-order valence-electron chi connectivity index (χ1n) is 0.943. The number of hydrogen-bond acceptors (Lipinski definition) is 4. The van der Waals surface area contributed by atoms with E-state index >= 15 is 0 Å². The van der Waals surface area contributed by atoms with Crippen LogP contribution in [-0.4, -0.2) is 0 Å². The van der Waals surface area contributed by atoms with Gasteiger partial charge in [-0.3, -0.25) is 0 Å². The normalized spacial score (nSPS) is 8.29. The molecule has 0 aliphatic rings. The quantitative estimate of drug-likeness (QED) is 0.355. The summed E-state index contributed by atoms with van der Waals surface area (Å²) < 4.78 is 0. The van der Waals surface area contributed by atoms with Gasteiger partial charge in [-0.25, -0.2) is 0 Å². The summed E-state index contributed by atoms with van der Waals surface area (Å²) in [6, 6.07) is 0. The van der Waals surface area contributed by atoms with Crippen molar-refractivity contribution in [1.82, 2.24) is 0 Å². The van der Waals surface area contributed by atoms with Crippen molar-refractivity contribution in [2.24, 2.45) is 0 Å². The van der Waals surface area contributed by atoms with Crippen LogP contribution < -0.4 is 0 Å². The molecular formula is H4CuP2S4. The molecule has 0 aliphatic heterocycles. The van der Waals surface area contributed by atoms with E-state index in [1.165, 1.54) is 0 Å². The molecule has 7 heavy (non-hydrogen) atoms. The summed E-state index contributed by atoms with van der Waals surface area (Å²) in [4.78, 5) is 0. The molecule has 0 spiro atoms. The third-order valence-electron chi connectivity index (χ3n) is 0. The van der Waals surface area contributed by atoms with Crippen LogP contribution in [0, 0.1) is 0 Å². The van der Waals surface area contributed by atoms with Gasteiger partial charge in [-0.15, -0.1) is 23.6 Å². The molecule has 0 nitrogen and oxygen atoms in total. The maximum atomic E-state index is 4.29. The predicted octanol–water partition coefficient (Wildman–Crippen LogP) is 0.639. The molecule has 2 atom stereocenters. The zero-order valence-electron chi connectivity index (χ0n) is 3.09. The van der Waals surface area contributed by atoms with E-state index in [0.29, 0.717) is 0 Å². The van der Waals surface area contributed by atoms with Crippen LogP contribution in [0.15, 0.2) is 0 Å². The third-order valence-corrected chi connectivity index (χ3v) is 0. The van der Waals surface area contributed by atoms with Crippen molar-refractivity contribution >= 4 is 61.2 Å². The van der Waals surface area contributed by atoms with E-state index in [1.54, 1.807) is 0 Å². The molecule has 0 aromatic rings. The van der Waals surface area contributed by atoms with E-state index in [0.717, 1.165) is 0 Å². The zero-order valence-corrected chi connectivity index (χ0v) is 9.61. The Morgan fingerprint density at radius 2 is 1.00 bits per heavy atom. The maximum absolute atomic E-state index is 4.29. The Bertz CT molecular complexity index is 30.7. The molecule has 0 bridgehead atoms. The van der Waals surface area contributed by atoms with E-state index in [2.05, 4.69) is 48.1 Å². The topological polar surface area (TPSA) is 0 Å². The summed E-state index contributed by atoms with van der Waals surface area (Å²) in [6.07, 6.45) is 0. The fourth-order valence-electron chi connectivity index (χ4n) is 0. The molecule has 2 unspecified atom stereocenters. The first-order chi connectivity index (χ1) is 2.83. The Labute approximate surface area is 77.7 Å². The summed E-state index contributed by atoms with van der Waals surface area (Å²) in [7, 11) is 0. The first-order valence-corrected chi connectivity index (χ1v) is 8.49. The second kappa shape index (κ2) is 23.6. The van der Waals surface area contributed by atoms with Crippen molar-refractivity contribution in [3.63, 3.8) is 0 Å². The van der Waals surface area contributed by atoms with Crippen LogP contribution in [-0.2, 0) is 65.2 Å². The fraction of sp³-hybridized carbons (Fsp3) is 0. The van der Waals surface area contributed by atoms with E-state index in [9.17, 15) is 0 Å². The van der Waals surface area contributed by atoms with Crippen molar-refractivity contribution in [3.8, 4) is 0 Å². The van der Waals surface area contributed by atoms with E-state index in [4.69, 9.17) is 0 Å². The van der Waals surface area contributed by atoms with Crippen LogP contribution in [0.3, 0.4) is 0 Å². The van der Waals surface area contributed by atoms with Gasteiger partial charge in [0, 0.05) is 0 Å². The molecule has 0 N–H and O–H groups in total. The SMILES string of the molecule is S=[PH2][S-].S=[PH2][S-].[Cu+2]. The molecule has 0 saturated carbocycles. The molecule has 0 rings (SSSR count). The van der Waals surface area contributed by atoms with Crippen LogP contribution in [0.1, 0.15) is 0 Å². The molecule has 0 heterocycles. The maximum Gasteiger partial charge on any atom is 2.00 e. The summed E-state index contributed by atoms with van der Waals surface area (Å²) in [5, 5.41) is 0. The van der Waals surface area contributed by atoms with Crippen molar-refractivity contribution in [1.29, 1.82) is 0 Å². The second-order valence-corrected chi connectivity index (χ2v) is 5.20. The van der Waals surface area contributed by atoms with Gasteiger partial charge in [-0.1, -0.05) is 0 Å². The first kappa shape index (κ1) is 16.3. The van der Waals surface area contributed by atoms with Gasteiger partial charge in [0.1, 0.15) is 0 Å². The number of rotatable bonds is 0. The minimum absolute atomic E-state index is 0. The van der Waals surface area contributed by atoms with Crippen molar-refractivity contribution in [2.75, 3.05) is 0 Å². The molecule has 0 fully saturated rings. The van der Waals surface area contributed by atoms with Gasteiger partial charge in [0.25, 0.3) is 0 Å². The van der Waals surface area contributed by atoms with Crippen molar-refractivity contribution in [2.45, 2.75) is 0 Å². The Balaban J connectivity index is -0.0000000400. The van der Waals surface area contributed by atoms with Crippen LogP contribution >= 0.6 is 13.1 Å². The predicted molar refractivity (Wildman–Crippen MR) is 48.9 cm³/mol. The van der Waals surface area contributed by atoms with E-state index in [-0.39, 0.29) is 30.2 Å². The molecule has 0 aromatic carbocycles. The van der Waals surface area contributed by atoms with Crippen LogP contribution in [0.25, 0.3) is 0 Å². The van der Waals surface area contributed by atoms with Gasteiger partial charge in [0.15, 0.2) is 0 Å². The monoisotopic (exact) mass is 257 g/mol. The van der Waals surface area contributed by atoms with Gasteiger partial charge in [0.2, 0.25) is 0 Å². The van der Waals surface area contributed by atoms with Gasteiger partial charge in [-0.2, -0.15) is 13.1 Å². The Morgan fingerprint density at radius 3 is 1.00 bits per heavy atom. The molecule has 0 amide bonds. The van der Waals surface area contributed by atoms with Crippen LogP contribution in [0.4, 0.5) is 0 Å². The third kappa shape index (κ3) is 57.0. The molecule has 0 saturated heterocycles. The van der Waals surface area contributed by atoms with Gasteiger partial charge in [-0.05, 0) is 0 Å². The van der Waals surface area contributed by atoms with E-state index < -0.39 is 0 Å². The molecule has 1 radical (unpaired) electrons. The van der Waals surface area contributed by atoms with Gasteiger partial charge >= 0.3 is 17.1 Å². The summed E-state index contributed by atoms with van der Waals surface area (Å²) in [5.74, 6) is 0. The van der Waals surface area contributed by atoms with Crippen LogP contribution in [0.2, 0.25) is 0 Å². The largest absolute Gasteiger partial charge is 2.00 e. The summed E-state index contributed by atoms with van der Waals surface area (Å²) in [5.41, 5.74) is 0. The molecular weight excluding hydrogens is 254 g/mol. The number of hydrogen-bond donors (Lipinski definition) is 0. The molecule has 7 heteroatoms. The average Bonchev–Trinajstić information content (AvgIpc) is 1.39. The molecule has 49 valence electrons. The average molecular weight is 258 g/mol. The fourth-order valence-corrected chi connectivity index (χ4v) is 0. The minimum atomic E-state index is -0.0833. The molecule has 0 aliphatic carbocycles. The Morgan fingerprint density at radius 1 is 1.00 bits per heavy atom.